The molecule has 0 aromatic heterocycles. The topological polar surface area (TPSA) is 66.4 Å². The van der Waals surface area contributed by atoms with Crippen molar-refractivity contribution in [2.75, 3.05) is 6.54 Å². The van der Waals surface area contributed by atoms with Crippen LogP contribution >= 0.6 is 0 Å². The van der Waals surface area contributed by atoms with Gasteiger partial charge in [-0.2, -0.15) is 0 Å². The van der Waals surface area contributed by atoms with Gasteiger partial charge >= 0.3 is 5.97 Å². The van der Waals surface area contributed by atoms with Crippen LogP contribution in [0, 0.1) is 23.2 Å². The lowest BCUT2D eigenvalue weighted by Gasteiger charge is -2.11. The predicted octanol–water partition coefficient (Wildman–Crippen LogP) is 1.01. The molecule has 3 rings (SSSR count). The Balaban J connectivity index is 1.49. The van der Waals surface area contributed by atoms with Crippen molar-refractivity contribution in [3.63, 3.8) is 0 Å². The van der Waals surface area contributed by atoms with E-state index in [4.69, 9.17) is 5.11 Å². The fourth-order valence-corrected chi connectivity index (χ4v) is 3.20. The van der Waals surface area contributed by atoms with Gasteiger partial charge in [-0.15, -0.1) is 0 Å². The van der Waals surface area contributed by atoms with Gasteiger partial charge < -0.3 is 10.4 Å². The van der Waals surface area contributed by atoms with Crippen molar-refractivity contribution in [3.05, 3.63) is 0 Å². The number of nitrogens with one attached hydrogen (secondary N) is 1. The lowest BCUT2D eigenvalue weighted by atomic mass is 10.1. The van der Waals surface area contributed by atoms with Crippen LogP contribution in [0.2, 0.25) is 0 Å². The van der Waals surface area contributed by atoms with Crippen molar-refractivity contribution in [2.45, 2.75) is 32.1 Å². The Morgan fingerprint density at radius 3 is 2.38 bits per heavy atom. The van der Waals surface area contributed by atoms with E-state index in [1.54, 1.807) is 0 Å². The highest BCUT2D eigenvalue weighted by atomic mass is 16.4. The highest BCUT2D eigenvalue weighted by molar-refractivity contribution is 5.84. The number of aliphatic carboxylic acids is 1. The van der Waals surface area contributed by atoms with Crippen molar-refractivity contribution < 1.29 is 14.7 Å². The number of amides is 1. The Labute approximate surface area is 94.4 Å². The van der Waals surface area contributed by atoms with Gasteiger partial charge in [0.15, 0.2) is 0 Å². The number of carbonyl (C=O) groups excluding carboxylic acids is 1. The van der Waals surface area contributed by atoms with Crippen LogP contribution in [0.1, 0.15) is 32.1 Å². The van der Waals surface area contributed by atoms with Gasteiger partial charge in [-0.1, -0.05) is 6.42 Å². The summed E-state index contributed by atoms with van der Waals surface area (Å²) in [5, 5.41) is 11.8. The number of hydrogen-bond acceptors (Lipinski definition) is 2. The molecule has 3 saturated carbocycles. The zero-order valence-corrected chi connectivity index (χ0v) is 9.24. The molecule has 0 bridgehead atoms. The summed E-state index contributed by atoms with van der Waals surface area (Å²) in [5.41, 5.74) is -0.625. The molecule has 3 aliphatic rings. The number of carboxylic acid groups (broad SMARTS) is 1. The van der Waals surface area contributed by atoms with Gasteiger partial charge in [0, 0.05) is 12.5 Å². The monoisotopic (exact) mass is 223 g/mol. The molecule has 3 fully saturated rings. The predicted molar refractivity (Wildman–Crippen MR) is 56.6 cm³/mol. The third-order valence-corrected chi connectivity index (χ3v) is 4.62. The molecule has 0 heterocycles. The van der Waals surface area contributed by atoms with Crippen molar-refractivity contribution in [1.29, 1.82) is 0 Å². The molecule has 16 heavy (non-hydrogen) atoms. The van der Waals surface area contributed by atoms with E-state index in [0.29, 0.717) is 31.2 Å². The van der Waals surface area contributed by atoms with Gasteiger partial charge in [0.1, 0.15) is 0 Å². The molecule has 0 radical (unpaired) electrons. The van der Waals surface area contributed by atoms with Gasteiger partial charge in [-0.3, -0.25) is 9.59 Å². The van der Waals surface area contributed by atoms with Gasteiger partial charge in [0.25, 0.3) is 0 Å². The number of carboxylic acids is 1. The number of rotatable bonds is 4. The normalized spacial score (nSPS) is 37.6. The third kappa shape index (κ3) is 1.43. The summed E-state index contributed by atoms with van der Waals surface area (Å²) in [5.74, 6) is 0.768. The van der Waals surface area contributed by atoms with E-state index < -0.39 is 11.4 Å². The molecule has 0 aromatic carbocycles. The highest BCUT2D eigenvalue weighted by Gasteiger charge is 2.57. The number of fused-ring (bicyclic) bond motifs is 1. The van der Waals surface area contributed by atoms with Crippen LogP contribution in [0.4, 0.5) is 0 Å². The fourth-order valence-electron chi connectivity index (χ4n) is 3.20. The zero-order valence-electron chi connectivity index (χ0n) is 9.24. The van der Waals surface area contributed by atoms with E-state index in [1.165, 1.54) is 19.3 Å². The van der Waals surface area contributed by atoms with Crippen molar-refractivity contribution in [2.24, 2.45) is 23.2 Å². The van der Waals surface area contributed by atoms with Crippen LogP contribution in [0.3, 0.4) is 0 Å². The van der Waals surface area contributed by atoms with Gasteiger partial charge in [-0.05, 0) is 37.5 Å². The summed E-state index contributed by atoms with van der Waals surface area (Å²) in [4.78, 5) is 22.7. The second kappa shape index (κ2) is 3.22. The van der Waals surface area contributed by atoms with E-state index in [9.17, 15) is 9.59 Å². The summed E-state index contributed by atoms with van der Waals surface area (Å²) in [6.07, 6.45) is 5.05. The SMILES string of the molecule is O=C(NCC1(C(=O)O)CC1)C1C2CCCC21. The minimum absolute atomic E-state index is 0.0993. The summed E-state index contributed by atoms with van der Waals surface area (Å²) >= 11 is 0. The Morgan fingerprint density at radius 1 is 1.25 bits per heavy atom. The Bertz CT molecular complexity index is 338. The first-order chi connectivity index (χ1) is 7.64. The smallest absolute Gasteiger partial charge is 0.311 e. The zero-order chi connectivity index (χ0) is 11.3. The molecule has 0 spiro atoms. The molecule has 3 aliphatic carbocycles. The van der Waals surface area contributed by atoms with Crippen LogP contribution in [0.5, 0.6) is 0 Å². The van der Waals surface area contributed by atoms with E-state index in [-0.39, 0.29) is 11.8 Å². The summed E-state index contributed by atoms with van der Waals surface area (Å²) < 4.78 is 0. The molecule has 88 valence electrons. The number of carbonyl (C=O) groups is 2. The standard InChI is InChI=1S/C12H17NO3/c14-10(9-7-2-1-3-8(7)9)13-6-12(4-5-12)11(15)16/h7-9H,1-6H2,(H,13,14)(H,15,16). The maximum Gasteiger partial charge on any atom is 0.311 e. The third-order valence-electron chi connectivity index (χ3n) is 4.62. The average Bonchev–Trinajstić information content (AvgIpc) is 3.14. The molecule has 4 heteroatoms. The maximum absolute atomic E-state index is 11.8. The largest absolute Gasteiger partial charge is 0.481 e. The molecular formula is C12H17NO3. The molecule has 2 unspecified atom stereocenters. The van der Waals surface area contributed by atoms with E-state index in [2.05, 4.69) is 5.32 Å². The van der Waals surface area contributed by atoms with Crippen LogP contribution in [-0.4, -0.2) is 23.5 Å². The lowest BCUT2D eigenvalue weighted by molar-refractivity contribution is -0.143. The molecule has 4 nitrogen and oxygen atoms in total. The van der Waals surface area contributed by atoms with Crippen LogP contribution in [0.15, 0.2) is 0 Å². The maximum atomic E-state index is 11.8. The van der Waals surface area contributed by atoms with Crippen LogP contribution < -0.4 is 5.32 Å². The summed E-state index contributed by atoms with van der Waals surface area (Å²) in [6, 6.07) is 0. The van der Waals surface area contributed by atoms with Gasteiger partial charge in [0.2, 0.25) is 5.91 Å². The second-order valence-electron chi connectivity index (χ2n) is 5.59. The van der Waals surface area contributed by atoms with Crippen molar-refractivity contribution in [1.82, 2.24) is 5.32 Å². The van der Waals surface area contributed by atoms with Crippen molar-refractivity contribution >= 4 is 11.9 Å². The molecule has 0 aromatic rings. The number of hydrogen-bond donors (Lipinski definition) is 2. The first-order valence-corrected chi connectivity index (χ1v) is 6.15. The van der Waals surface area contributed by atoms with Crippen LogP contribution in [0.25, 0.3) is 0 Å². The minimum Gasteiger partial charge on any atom is -0.481 e. The van der Waals surface area contributed by atoms with Crippen molar-refractivity contribution in [3.8, 4) is 0 Å². The Kier molecular flexibility index (Phi) is 2.03. The first-order valence-electron chi connectivity index (χ1n) is 6.15. The van der Waals surface area contributed by atoms with Gasteiger partial charge in [0.05, 0.1) is 5.41 Å². The molecule has 0 aliphatic heterocycles. The molecule has 2 N–H and O–H groups in total. The van der Waals surface area contributed by atoms with Gasteiger partial charge in [-0.25, -0.2) is 0 Å². The Hall–Kier alpha value is -1.06. The summed E-state index contributed by atoms with van der Waals surface area (Å²) in [6.45, 7) is 0.330. The van der Waals surface area contributed by atoms with E-state index >= 15 is 0 Å². The lowest BCUT2D eigenvalue weighted by Crippen LogP contribution is -2.35. The van der Waals surface area contributed by atoms with E-state index in [0.717, 1.165) is 0 Å². The highest BCUT2D eigenvalue weighted by Crippen LogP contribution is 2.57. The fraction of sp³-hybridized carbons (Fsp3) is 0.833. The molecule has 1 amide bonds. The van der Waals surface area contributed by atoms with E-state index in [1.807, 2.05) is 0 Å². The molecule has 0 saturated heterocycles. The Morgan fingerprint density at radius 2 is 1.88 bits per heavy atom. The quantitative estimate of drug-likeness (QED) is 0.747. The average molecular weight is 223 g/mol. The first kappa shape index (κ1) is 10.1. The second-order valence-corrected chi connectivity index (χ2v) is 5.59. The minimum atomic E-state index is -0.760. The molecule has 2 atom stereocenters. The molecular weight excluding hydrogens is 206 g/mol. The summed E-state index contributed by atoms with van der Waals surface area (Å²) in [7, 11) is 0. The van der Waals surface area contributed by atoms with Crippen LogP contribution in [-0.2, 0) is 9.59 Å².